The molecule has 1 N–H and O–H groups in total. The van der Waals surface area contributed by atoms with Crippen molar-refractivity contribution in [3.63, 3.8) is 0 Å². The van der Waals surface area contributed by atoms with Crippen molar-refractivity contribution in [2.24, 2.45) is 0 Å². The third-order valence-electron chi connectivity index (χ3n) is 5.36. The van der Waals surface area contributed by atoms with E-state index in [1.165, 1.54) is 5.56 Å². The molecule has 32 heavy (non-hydrogen) atoms. The Morgan fingerprint density at radius 3 is 2.50 bits per heavy atom. The van der Waals surface area contributed by atoms with Crippen molar-refractivity contribution in [3.8, 4) is 22.5 Å². The lowest BCUT2D eigenvalue weighted by Gasteiger charge is -2.06. The number of benzene rings is 2. The summed E-state index contributed by atoms with van der Waals surface area (Å²) in [4.78, 5) is 21.8. The summed E-state index contributed by atoms with van der Waals surface area (Å²) in [7, 11) is 0. The quantitative estimate of drug-likeness (QED) is 0.386. The van der Waals surface area contributed by atoms with Gasteiger partial charge in [-0.25, -0.2) is 9.97 Å². The smallest absolute Gasteiger partial charge is 0.251 e. The highest BCUT2D eigenvalue weighted by atomic mass is 32.1. The van der Waals surface area contributed by atoms with E-state index in [1.807, 2.05) is 66.2 Å². The topological polar surface area (TPSA) is 59.3 Å². The second kappa shape index (κ2) is 8.77. The molecule has 0 spiro atoms. The van der Waals surface area contributed by atoms with E-state index in [9.17, 15) is 4.79 Å². The third kappa shape index (κ3) is 4.31. The summed E-state index contributed by atoms with van der Waals surface area (Å²) < 4.78 is 1.94. The molecule has 0 bridgehead atoms. The first-order chi connectivity index (χ1) is 15.7. The Morgan fingerprint density at radius 1 is 0.969 bits per heavy atom. The molecule has 1 amide bonds. The van der Waals surface area contributed by atoms with Crippen molar-refractivity contribution < 1.29 is 4.79 Å². The van der Waals surface area contributed by atoms with Gasteiger partial charge in [-0.3, -0.25) is 4.79 Å². The maximum atomic E-state index is 12.6. The van der Waals surface area contributed by atoms with Gasteiger partial charge < -0.3 is 9.72 Å². The summed E-state index contributed by atoms with van der Waals surface area (Å²) in [6, 6.07) is 22.0. The van der Waals surface area contributed by atoms with Gasteiger partial charge in [-0.15, -0.1) is 11.3 Å². The van der Waals surface area contributed by atoms with Crippen molar-refractivity contribution in [2.75, 3.05) is 6.54 Å². The third-order valence-corrected chi connectivity index (χ3v) is 6.13. The monoisotopic (exact) mass is 438 g/mol. The maximum Gasteiger partial charge on any atom is 0.251 e. The number of nitrogens with zero attached hydrogens (tertiary/aromatic N) is 3. The maximum absolute atomic E-state index is 12.6. The minimum Gasteiger partial charge on any atom is -0.352 e. The molecule has 2 aromatic carbocycles. The SMILES string of the molecule is Cc1nc(-c2ccc(CCNC(=O)c3ccn4cc(-c5ccccc5)nc4c3)cc2)cs1. The Bertz CT molecular complexity index is 1370. The second-order valence-electron chi connectivity index (χ2n) is 7.63. The number of thiazole rings is 1. The van der Waals surface area contributed by atoms with Gasteiger partial charge in [0.2, 0.25) is 0 Å². The van der Waals surface area contributed by atoms with Gasteiger partial charge >= 0.3 is 0 Å². The van der Waals surface area contributed by atoms with Gasteiger partial charge in [-0.1, -0.05) is 54.6 Å². The van der Waals surface area contributed by atoms with Crippen molar-refractivity contribution in [2.45, 2.75) is 13.3 Å². The molecule has 5 rings (SSSR count). The lowest BCUT2D eigenvalue weighted by molar-refractivity contribution is 0.0954. The lowest BCUT2D eigenvalue weighted by atomic mass is 10.1. The summed E-state index contributed by atoms with van der Waals surface area (Å²) in [5, 5.41) is 6.15. The van der Waals surface area contributed by atoms with E-state index in [2.05, 4.69) is 44.9 Å². The fraction of sp³-hybridized carbons (Fsp3) is 0.115. The minimum absolute atomic E-state index is 0.0914. The molecular formula is C26H22N4OS. The van der Waals surface area contributed by atoms with Crippen molar-refractivity contribution in [3.05, 3.63) is 101 Å². The highest BCUT2D eigenvalue weighted by molar-refractivity contribution is 7.09. The van der Waals surface area contributed by atoms with Gasteiger partial charge in [0.25, 0.3) is 5.91 Å². The number of carbonyl (C=O) groups is 1. The number of amides is 1. The van der Waals surface area contributed by atoms with E-state index < -0.39 is 0 Å². The standard InChI is InChI=1S/C26H22N4OS/c1-18-28-24(17-32-18)21-9-7-19(8-10-21)11-13-27-26(31)22-12-14-30-16-23(29-25(30)15-22)20-5-3-2-4-6-20/h2-10,12,14-17H,11,13H2,1H3,(H,27,31). The van der Waals surface area contributed by atoms with Gasteiger partial charge in [0.15, 0.2) is 0 Å². The van der Waals surface area contributed by atoms with Crippen LogP contribution in [0, 0.1) is 6.92 Å². The largest absolute Gasteiger partial charge is 0.352 e. The molecule has 0 radical (unpaired) electrons. The second-order valence-corrected chi connectivity index (χ2v) is 8.69. The molecule has 0 aliphatic heterocycles. The number of hydrogen-bond acceptors (Lipinski definition) is 4. The van der Waals surface area contributed by atoms with Crippen molar-refractivity contribution >= 4 is 22.9 Å². The molecule has 3 aromatic heterocycles. The predicted octanol–water partition coefficient (Wildman–Crippen LogP) is 5.41. The van der Waals surface area contributed by atoms with Crippen LogP contribution in [0.25, 0.3) is 28.2 Å². The Kier molecular flexibility index (Phi) is 5.52. The van der Waals surface area contributed by atoms with Gasteiger partial charge in [-0.2, -0.15) is 0 Å². The van der Waals surface area contributed by atoms with Crippen LogP contribution in [0.3, 0.4) is 0 Å². The van der Waals surface area contributed by atoms with Crippen molar-refractivity contribution in [1.82, 2.24) is 19.7 Å². The van der Waals surface area contributed by atoms with Gasteiger partial charge in [0, 0.05) is 41.0 Å². The van der Waals surface area contributed by atoms with Crippen LogP contribution in [0.5, 0.6) is 0 Å². The molecule has 0 atom stereocenters. The zero-order valence-corrected chi connectivity index (χ0v) is 18.5. The van der Waals surface area contributed by atoms with Crippen molar-refractivity contribution in [1.29, 1.82) is 0 Å². The van der Waals surface area contributed by atoms with Gasteiger partial charge in [0.05, 0.1) is 16.4 Å². The Morgan fingerprint density at radius 2 is 1.75 bits per heavy atom. The first kappa shape index (κ1) is 20.2. The normalized spacial score (nSPS) is 11.0. The van der Waals surface area contributed by atoms with E-state index in [0.717, 1.165) is 39.6 Å². The summed E-state index contributed by atoms with van der Waals surface area (Å²) in [6.45, 7) is 2.58. The highest BCUT2D eigenvalue weighted by Crippen LogP contribution is 2.22. The highest BCUT2D eigenvalue weighted by Gasteiger charge is 2.09. The lowest BCUT2D eigenvalue weighted by Crippen LogP contribution is -2.25. The molecule has 158 valence electrons. The van der Waals surface area contributed by atoms with E-state index >= 15 is 0 Å². The van der Waals surface area contributed by atoms with E-state index in [-0.39, 0.29) is 5.91 Å². The number of rotatable bonds is 6. The van der Waals surface area contributed by atoms with Crippen LogP contribution in [0.1, 0.15) is 20.9 Å². The molecule has 0 aliphatic carbocycles. The van der Waals surface area contributed by atoms with Crippen LogP contribution in [-0.4, -0.2) is 26.8 Å². The molecule has 3 heterocycles. The van der Waals surface area contributed by atoms with Crippen LogP contribution in [0.15, 0.2) is 84.5 Å². The number of nitrogens with one attached hydrogen (secondary N) is 1. The summed E-state index contributed by atoms with van der Waals surface area (Å²) in [5.74, 6) is -0.0914. The molecule has 0 saturated heterocycles. The predicted molar refractivity (Wildman–Crippen MR) is 129 cm³/mol. The number of pyridine rings is 1. The molecule has 5 aromatic rings. The fourth-order valence-corrected chi connectivity index (χ4v) is 4.25. The van der Waals surface area contributed by atoms with Crippen LogP contribution in [0.4, 0.5) is 0 Å². The fourth-order valence-electron chi connectivity index (χ4n) is 3.63. The van der Waals surface area contributed by atoms with Crippen LogP contribution >= 0.6 is 11.3 Å². The Labute approximate surface area is 190 Å². The number of imidazole rings is 1. The number of aromatic nitrogens is 3. The van der Waals surface area contributed by atoms with Crippen LogP contribution in [0.2, 0.25) is 0 Å². The van der Waals surface area contributed by atoms with E-state index in [1.54, 1.807) is 11.3 Å². The average Bonchev–Trinajstić information content (AvgIpc) is 3.46. The average molecular weight is 439 g/mol. The van der Waals surface area contributed by atoms with Crippen LogP contribution < -0.4 is 5.32 Å². The zero-order valence-electron chi connectivity index (χ0n) is 17.7. The Balaban J connectivity index is 1.21. The number of aryl methyl sites for hydroxylation is 1. The Hall–Kier alpha value is -3.77. The summed E-state index contributed by atoms with van der Waals surface area (Å²) in [5.41, 5.74) is 6.61. The summed E-state index contributed by atoms with van der Waals surface area (Å²) >= 11 is 1.65. The van der Waals surface area contributed by atoms with Gasteiger partial charge in [-0.05, 0) is 31.0 Å². The molecule has 6 heteroatoms. The van der Waals surface area contributed by atoms with E-state index in [4.69, 9.17) is 0 Å². The molecular weight excluding hydrogens is 416 g/mol. The van der Waals surface area contributed by atoms with E-state index in [0.29, 0.717) is 12.1 Å². The summed E-state index contributed by atoms with van der Waals surface area (Å²) in [6.07, 6.45) is 4.62. The van der Waals surface area contributed by atoms with Gasteiger partial charge in [0.1, 0.15) is 5.65 Å². The van der Waals surface area contributed by atoms with Crippen LogP contribution in [-0.2, 0) is 6.42 Å². The minimum atomic E-state index is -0.0914. The number of carbonyl (C=O) groups excluding carboxylic acids is 1. The molecule has 0 fully saturated rings. The number of hydrogen-bond donors (Lipinski definition) is 1. The molecule has 0 saturated carbocycles. The zero-order chi connectivity index (χ0) is 21.9. The molecule has 0 aliphatic rings. The molecule has 5 nitrogen and oxygen atoms in total. The first-order valence-corrected chi connectivity index (χ1v) is 11.4. The number of fused-ring (bicyclic) bond motifs is 1. The molecule has 0 unspecified atom stereocenters. The first-order valence-electron chi connectivity index (χ1n) is 10.5.